The standard InChI is InChI=1S/C69H41N5OS/c1-3-14-42(15-4-1)44-26-32-49(33-27-44)73-58-22-10-8-19-51(58)54-21-13-24-60(66(54)73)74-59-23-11-7-18-50(59)52-34-28-48(41-61(52)74)69-71-67(70-68(72-69)47-31-37-65-57(40-47)53-20-9-12-25-64(53)76-65)46-30-36-63-56(39-46)55-38-45(29-35-62(55)75-63)43-16-5-2-6-17-43/h1-41H. The Bertz CT molecular complexity index is 4990. The van der Waals surface area contributed by atoms with Crippen molar-refractivity contribution < 1.29 is 4.42 Å². The molecule has 0 amide bonds. The van der Waals surface area contributed by atoms with Crippen LogP contribution in [0.4, 0.5) is 0 Å². The molecule has 7 heteroatoms. The molecule has 0 saturated heterocycles. The summed E-state index contributed by atoms with van der Waals surface area (Å²) in [7, 11) is 0. The number of benzene rings is 11. The number of para-hydroxylation sites is 3. The largest absolute Gasteiger partial charge is 0.456 e. The van der Waals surface area contributed by atoms with E-state index >= 15 is 0 Å². The van der Waals surface area contributed by atoms with Gasteiger partial charge in [0.25, 0.3) is 0 Å². The second-order valence-electron chi connectivity index (χ2n) is 19.5. The summed E-state index contributed by atoms with van der Waals surface area (Å²) >= 11 is 1.80. The van der Waals surface area contributed by atoms with Crippen LogP contribution < -0.4 is 0 Å². The van der Waals surface area contributed by atoms with E-state index < -0.39 is 0 Å². The van der Waals surface area contributed by atoms with E-state index in [1.165, 1.54) is 47.5 Å². The second-order valence-corrected chi connectivity index (χ2v) is 20.6. The molecule has 0 fully saturated rings. The van der Waals surface area contributed by atoms with Crippen LogP contribution in [0.25, 0.3) is 154 Å². The zero-order valence-electron chi connectivity index (χ0n) is 40.7. The Labute approximate surface area is 439 Å². The minimum Gasteiger partial charge on any atom is -0.456 e. The molecule has 0 aliphatic carbocycles. The van der Waals surface area contributed by atoms with E-state index in [-0.39, 0.29) is 0 Å². The highest BCUT2D eigenvalue weighted by Gasteiger charge is 2.22. The van der Waals surface area contributed by atoms with Gasteiger partial charge in [-0.2, -0.15) is 0 Å². The molecule has 0 aliphatic heterocycles. The highest BCUT2D eigenvalue weighted by atomic mass is 32.1. The zero-order chi connectivity index (χ0) is 49.8. The van der Waals surface area contributed by atoms with Gasteiger partial charge in [-0.25, -0.2) is 15.0 Å². The lowest BCUT2D eigenvalue weighted by Gasteiger charge is -2.15. The van der Waals surface area contributed by atoms with Gasteiger partial charge in [0, 0.05) is 74.9 Å². The number of furan rings is 1. The Balaban J connectivity index is 0.911. The van der Waals surface area contributed by atoms with Crippen LogP contribution in [-0.4, -0.2) is 24.1 Å². The molecular weight excluding hydrogens is 947 g/mol. The van der Waals surface area contributed by atoms with Crippen LogP contribution in [0.15, 0.2) is 253 Å². The molecule has 16 aromatic rings. The maximum atomic E-state index is 6.44. The van der Waals surface area contributed by atoms with Crippen LogP contribution in [0, 0.1) is 0 Å². The van der Waals surface area contributed by atoms with Crippen molar-refractivity contribution in [2.75, 3.05) is 0 Å². The SMILES string of the molecule is c1ccc(-c2ccc(-n3c4ccccc4c4cccc(-n5c6ccccc6c6ccc(-c7nc(-c8ccc9oc%10ccc(-c%11ccccc%11)cc%10c9c8)nc(-c8ccc9sc%10ccccc%10c9c8)n7)cc65)c43)cc2)cc1. The lowest BCUT2D eigenvalue weighted by Crippen LogP contribution is -2.02. The summed E-state index contributed by atoms with van der Waals surface area (Å²) in [4.78, 5) is 16.1. The minimum atomic E-state index is 0.582. The van der Waals surface area contributed by atoms with Crippen molar-refractivity contribution in [3.63, 3.8) is 0 Å². The van der Waals surface area contributed by atoms with Crippen LogP contribution in [0.5, 0.6) is 0 Å². The molecule has 5 aromatic heterocycles. The van der Waals surface area contributed by atoms with Gasteiger partial charge in [0.2, 0.25) is 0 Å². The molecule has 76 heavy (non-hydrogen) atoms. The quantitative estimate of drug-likeness (QED) is 0.160. The molecule has 354 valence electrons. The van der Waals surface area contributed by atoms with Crippen molar-refractivity contribution in [2.45, 2.75) is 0 Å². The predicted molar refractivity (Wildman–Crippen MR) is 316 cm³/mol. The molecule has 5 heterocycles. The molecule has 6 nitrogen and oxygen atoms in total. The first-order chi connectivity index (χ1) is 37.6. The Kier molecular flexibility index (Phi) is 9.40. The van der Waals surface area contributed by atoms with Gasteiger partial charge in [0.15, 0.2) is 17.5 Å². The number of hydrogen-bond donors (Lipinski definition) is 0. The number of hydrogen-bond acceptors (Lipinski definition) is 5. The third-order valence-electron chi connectivity index (χ3n) is 15.2. The summed E-state index contributed by atoms with van der Waals surface area (Å²) in [6.45, 7) is 0. The maximum absolute atomic E-state index is 6.44. The van der Waals surface area contributed by atoms with Gasteiger partial charge < -0.3 is 13.6 Å². The fraction of sp³-hybridized carbons (Fsp3) is 0. The zero-order valence-corrected chi connectivity index (χ0v) is 41.5. The number of thiophene rings is 1. The van der Waals surface area contributed by atoms with Crippen LogP contribution in [0.1, 0.15) is 0 Å². The van der Waals surface area contributed by atoms with E-state index in [1.807, 2.05) is 12.1 Å². The first kappa shape index (κ1) is 42.5. The Morgan fingerprint density at radius 1 is 0.289 bits per heavy atom. The highest BCUT2D eigenvalue weighted by Crippen LogP contribution is 2.42. The maximum Gasteiger partial charge on any atom is 0.164 e. The summed E-state index contributed by atoms with van der Waals surface area (Å²) in [5.41, 5.74) is 15.6. The van der Waals surface area contributed by atoms with Crippen molar-refractivity contribution >= 4 is 97.1 Å². The third kappa shape index (κ3) is 6.69. The number of nitrogens with zero attached hydrogens (tertiary/aromatic N) is 5. The monoisotopic (exact) mass is 987 g/mol. The molecule has 0 bridgehead atoms. The van der Waals surface area contributed by atoms with Gasteiger partial charge in [-0.3, -0.25) is 0 Å². The fourth-order valence-electron chi connectivity index (χ4n) is 11.6. The van der Waals surface area contributed by atoms with E-state index in [9.17, 15) is 0 Å². The number of aromatic nitrogens is 5. The Morgan fingerprint density at radius 3 is 1.47 bits per heavy atom. The summed E-state index contributed by atoms with van der Waals surface area (Å²) < 4.78 is 13.8. The van der Waals surface area contributed by atoms with Crippen molar-refractivity contribution in [1.29, 1.82) is 0 Å². The molecule has 0 radical (unpaired) electrons. The lowest BCUT2D eigenvalue weighted by molar-refractivity contribution is 0.669. The topological polar surface area (TPSA) is 61.7 Å². The normalized spacial score (nSPS) is 11.9. The first-order valence-corrected chi connectivity index (χ1v) is 26.4. The molecular formula is C69H41N5OS. The average Bonchev–Trinajstić information content (AvgIpc) is 4.32. The molecule has 0 atom stereocenters. The van der Waals surface area contributed by atoms with Gasteiger partial charge in [0.1, 0.15) is 11.2 Å². The fourth-order valence-corrected chi connectivity index (χ4v) is 12.7. The molecule has 11 aromatic carbocycles. The van der Waals surface area contributed by atoms with Gasteiger partial charge >= 0.3 is 0 Å². The van der Waals surface area contributed by atoms with E-state index in [0.717, 1.165) is 88.6 Å². The first-order valence-electron chi connectivity index (χ1n) is 25.6. The van der Waals surface area contributed by atoms with E-state index in [0.29, 0.717) is 17.5 Å². The summed E-state index contributed by atoms with van der Waals surface area (Å²) in [6.07, 6.45) is 0. The molecule has 16 rings (SSSR count). The molecule has 0 aliphatic rings. The minimum absolute atomic E-state index is 0.582. The van der Waals surface area contributed by atoms with E-state index in [4.69, 9.17) is 19.4 Å². The predicted octanol–water partition coefficient (Wildman–Crippen LogP) is 18.7. The highest BCUT2D eigenvalue weighted by molar-refractivity contribution is 7.25. The van der Waals surface area contributed by atoms with E-state index in [1.54, 1.807) is 11.3 Å². The van der Waals surface area contributed by atoms with Gasteiger partial charge in [0.05, 0.1) is 27.8 Å². The lowest BCUT2D eigenvalue weighted by atomic mass is 10.0. The van der Waals surface area contributed by atoms with Gasteiger partial charge in [-0.1, -0.05) is 158 Å². The smallest absolute Gasteiger partial charge is 0.164 e. The van der Waals surface area contributed by atoms with Crippen LogP contribution in [-0.2, 0) is 0 Å². The Morgan fingerprint density at radius 2 is 0.763 bits per heavy atom. The number of fused-ring (bicyclic) bond motifs is 12. The van der Waals surface area contributed by atoms with Crippen LogP contribution >= 0.6 is 11.3 Å². The molecule has 0 unspecified atom stereocenters. The summed E-state index contributed by atoms with van der Waals surface area (Å²) in [6, 6.07) is 88.8. The van der Waals surface area contributed by atoms with Crippen molar-refractivity contribution in [1.82, 2.24) is 24.1 Å². The van der Waals surface area contributed by atoms with Crippen LogP contribution in [0.2, 0.25) is 0 Å². The average molecular weight is 988 g/mol. The van der Waals surface area contributed by atoms with Crippen LogP contribution in [0.3, 0.4) is 0 Å². The summed E-state index contributed by atoms with van der Waals surface area (Å²) in [5.74, 6) is 1.77. The van der Waals surface area contributed by atoms with Gasteiger partial charge in [-0.05, 0) is 113 Å². The van der Waals surface area contributed by atoms with E-state index in [2.05, 4.69) is 246 Å². The molecule has 0 spiro atoms. The van der Waals surface area contributed by atoms with Crippen molar-refractivity contribution in [2.24, 2.45) is 0 Å². The number of rotatable bonds is 7. The van der Waals surface area contributed by atoms with Crippen molar-refractivity contribution in [3.05, 3.63) is 249 Å². The third-order valence-corrected chi connectivity index (χ3v) is 16.3. The Hall–Kier alpha value is -9.95. The molecule has 0 saturated carbocycles. The van der Waals surface area contributed by atoms with Gasteiger partial charge in [-0.15, -0.1) is 11.3 Å². The second kappa shape index (κ2) is 16.8. The van der Waals surface area contributed by atoms with Crippen molar-refractivity contribution in [3.8, 4) is 67.8 Å². The summed E-state index contributed by atoms with van der Waals surface area (Å²) in [5, 5.41) is 9.15. The molecule has 0 N–H and O–H groups in total.